The van der Waals surface area contributed by atoms with E-state index in [-0.39, 0.29) is 0 Å². The van der Waals surface area contributed by atoms with E-state index in [1.54, 1.807) is 6.08 Å². The SMILES string of the molecule is CC(OC(=O)/C=C/c1ccsc1)C(=O)Nc1ccc(SC(F)F)cc1. The summed E-state index contributed by atoms with van der Waals surface area (Å²) in [6.07, 6.45) is 1.86. The van der Waals surface area contributed by atoms with Crippen molar-refractivity contribution in [1.82, 2.24) is 0 Å². The van der Waals surface area contributed by atoms with Gasteiger partial charge in [0.2, 0.25) is 0 Å². The van der Waals surface area contributed by atoms with Crippen molar-refractivity contribution in [3.63, 3.8) is 0 Å². The average molecular weight is 383 g/mol. The van der Waals surface area contributed by atoms with E-state index in [9.17, 15) is 18.4 Å². The van der Waals surface area contributed by atoms with Crippen molar-refractivity contribution in [3.05, 3.63) is 52.7 Å². The van der Waals surface area contributed by atoms with E-state index < -0.39 is 23.7 Å². The van der Waals surface area contributed by atoms with E-state index in [4.69, 9.17) is 4.74 Å². The number of alkyl halides is 2. The zero-order chi connectivity index (χ0) is 18.2. The van der Waals surface area contributed by atoms with Crippen LogP contribution in [-0.4, -0.2) is 23.7 Å². The summed E-state index contributed by atoms with van der Waals surface area (Å²) in [7, 11) is 0. The molecule has 2 rings (SSSR count). The van der Waals surface area contributed by atoms with Gasteiger partial charge in [0.25, 0.3) is 11.7 Å². The lowest BCUT2D eigenvalue weighted by Crippen LogP contribution is -2.29. The fraction of sp³-hybridized carbons (Fsp3) is 0.176. The average Bonchev–Trinajstić information content (AvgIpc) is 3.07. The molecule has 2 aromatic rings. The minimum Gasteiger partial charge on any atom is -0.449 e. The zero-order valence-corrected chi connectivity index (χ0v) is 14.8. The largest absolute Gasteiger partial charge is 0.449 e. The first-order chi connectivity index (χ1) is 11.9. The van der Waals surface area contributed by atoms with Crippen LogP contribution in [0, 0.1) is 0 Å². The third-order valence-corrected chi connectivity index (χ3v) is 4.39. The van der Waals surface area contributed by atoms with Gasteiger partial charge in [-0.1, -0.05) is 11.8 Å². The first-order valence-electron chi connectivity index (χ1n) is 7.20. The standard InChI is InChI=1S/C17H15F2NO3S2/c1-11(23-15(21)7-2-12-8-9-24-10-12)16(22)20-13-3-5-14(6-4-13)25-17(18)19/h2-11,17H,1H3,(H,20,22)/b7-2+. The highest BCUT2D eigenvalue weighted by Gasteiger charge is 2.16. The molecule has 0 aliphatic rings. The molecule has 1 amide bonds. The maximum absolute atomic E-state index is 12.3. The third-order valence-electron chi connectivity index (χ3n) is 2.96. The molecule has 25 heavy (non-hydrogen) atoms. The third kappa shape index (κ3) is 6.67. The number of amides is 1. The Labute approximate surface area is 151 Å². The Morgan fingerprint density at radius 1 is 1.24 bits per heavy atom. The Bertz CT molecular complexity index is 731. The number of carbonyl (C=O) groups excluding carboxylic acids is 2. The van der Waals surface area contributed by atoms with Gasteiger partial charge in [0.15, 0.2) is 6.10 Å². The second kappa shape index (κ2) is 9.33. The lowest BCUT2D eigenvalue weighted by atomic mass is 10.3. The van der Waals surface area contributed by atoms with Gasteiger partial charge in [0, 0.05) is 16.7 Å². The van der Waals surface area contributed by atoms with Crippen molar-refractivity contribution in [3.8, 4) is 0 Å². The predicted molar refractivity (Wildman–Crippen MR) is 95.8 cm³/mol. The Hall–Kier alpha value is -2.19. The van der Waals surface area contributed by atoms with E-state index in [0.29, 0.717) is 22.3 Å². The van der Waals surface area contributed by atoms with Crippen LogP contribution in [0.15, 0.2) is 52.1 Å². The van der Waals surface area contributed by atoms with E-state index in [1.165, 1.54) is 48.6 Å². The molecule has 1 N–H and O–H groups in total. The van der Waals surface area contributed by atoms with Crippen LogP contribution in [0.1, 0.15) is 12.5 Å². The molecule has 0 aliphatic heterocycles. The van der Waals surface area contributed by atoms with Crippen molar-refractivity contribution >= 4 is 46.7 Å². The van der Waals surface area contributed by atoms with Gasteiger partial charge in [-0.3, -0.25) is 4.79 Å². The monoisotopic (exact) mass is 383 g/mol. The second-order valence-electron chi connectivity index (χ2n) is 4.86. The fourth-order valence-corrected chi connectivity index (χ4v) is 2.89. The van der Waals surface area contributed by atoms with Gasteiger partial charge in [-0.05, 0) is 59.7 Å². The molecule has 1 atom stereocenters. The quantitative estimate of drug-likeness (QED) is 0.430. The van der Waals surface area contributed by atoms with Crippen molar-refractivity contribution in [2.24, 2.45) is 0 Å². The highest BCUT2D eigenvalue weighted by molar-refractivity contribution is 7.99. The molecule has 132 valence electrons. The summed E-state index contributed by atoms with van der Waals surface area (Å²) in [6, 6.07) is 7.82. The van der Waals surface area contributed by atoms with Crippen LogP contribution in [0.2, 0.25) is 0 Å². The van der Waals surface area contributed by atoms with Crippen LogP contribution in [-0.2, 0) is 14.3 Å². The summed E-state index contributed by atoms with van der Waals surface area (Å²) in [5, 5.41) is 6.31. The number of halogens is 2. The van der Waals surface area contributed by atoms with Crippen molar-refractivity contribution in [1.29, 1.82) is 0 Å². The summed E-state index contributed by atoms with van der Waals surface area (Å²) < 4.78 is 29.5. The van der Waals surface area contributed by atoms with Crippen LogP contribution in [0.4, 0.5) is 14.5 Å². The topological polar surface area (TPSA) is 55.4 Å². The number of hydrogen-bond donors (Lipinski definition) is 1. The molecule has 0 saturated carbocycles. The molecule has 1 aromatic heterocycles. The van der Waals surface area contributed by atoms with E-state index in [2.05, 4.69) is 5.32 Å². The molecule has 0 radical (unpaired) electrons. The highest BCUT2D eigenvalue weighted by Crippen LogP contribution is 2.26. The summed E-state index contributed by atoms with van der Waals surface area (Å²) in [6.45, 7) is 1.45. The number of nitrogens with one attached hydrogen (secondary N) is 1. The lowest BCUT2D eigenvalue weighted by Gasteiger charge is -2.12. The summed E-state index contributed by atoms with van der Waals surface area (Å²) in [5.41, 5.74) is 1.31. The maximum atomic E-state index is 12.3. The van der Waals surface area contributed by atoms with Gasteiger partial charge >= 0.3 is 5.97 Å². The molecule has 8 heteroatoms. The maximum Gasteiger partial charge on any atom is 0.331 e. The smallest absolute Gasteiger partial charge is 0.331 e. The molecular weight excluding hydrogens is 368 g/mol. The predicted octanol–water partition coefficient (Wildman–Crippen LogP) is 4.65. The van der Waals surface area contributed by atoms with Crippen LogP contribution in [0.5, 0.6) is 0 Å². The first kappa shape index (κ1) is 19.1. The molecule has 0 saturated heterocycles. The molecular formula is C17H15F2NO3S2. The van der Waals surface area contributed by atoms with Gasteiger partial charge < -0.3 is 10.1 Å². The van der Waals surface area contributed by atoms with Crippen molar-refractivity contribution < 1.29 is 23.1 Å². The molecule has 0 fully saturated rings. The Kier molecular flexibility index (Phi) is 7.15. The molecule has 1 unspecified atom stereocenters. The number of benzene rings is 1. The van der Waals surface area contributed by atoms with Gasteiger partial charge in [0.1, 0.15) is 0 Å². The van der Waals surface area contributed by atoms with E-state index in [1.807, 2.05) is 16.8 Å². The lowest BCUT2D eigenvalue weighted by molar-refractivity contribution is -0.148. The minimum absolute atomic E-state index is 0.394. The molecule has 1 heterocycles. The minimum atomic E-state index is -2.50. The van der Waals surface area contributed by atoms with Gasteiger partial charge in [0.05, 0.1) is 0 Å². The van der Waals surface area contributed by atoms with Crippen LogP contribution >= 0.6 is 23.1 Å². The number of ether oxygens (including phenoxy) is 1. The Morgan fingerprint density at radius 3 is 2.56 bits per heavy atom. The fourth-order valence-electron chi connectivity index (χ4n) is 1.76. The number of esters is 1. The highest BCUT2D eigenvalue weighted by atomic mass is 32.2. The van der Waals surface area contributed by atoms with Crippen molar-refractivity contribution in [2.75, 3.05) is 5.32 Å². The van der Waals surface area contributed by atoms with Crippen LogP contribution in [0.3, 0.4) is 0 Å². The Morgan fingerprint density at radius 2 is 1.96 bits per heavy atom. The van der Waals surface area contributed by atoms with Crippen LogP contribution in [0.25, 0.3) is 6.08 Å². The van der Waals surface area contributed by atoms with Gasteiger partial charge in [-0.15, -0.1) is 0 Å². The number of rotatable bonds is 7. The normalized spacial score (nSPS) is 12.3. The van der Waals surface area contributed by atoms with E-state index in [0.717, 1.165) is 5.56 Å². The number of anilines is 1. The summed E-state index contributed by atoms with van der Waals surface area (Å²) in [4.78, 5) is 24.1. The number of carbonyl (C=O) groups is 2. The molecule has 0 spiro atoms. The number of thioether (sulfide) groups is 1. The Balaban J connectivity index is 1.84. The second-order valence-corrected chi connectivity index (χ2v) is 6.70. The first-order valence-corrected chi connectivity index (χ1v) is 9.03. The molecule has 4 nitrogen and oxygen atoms in total. The summed E-state index contributed by atoms with van der Waals surface area (Å²) in [5.74, 6) is -3.63. The van der Waals surface area contributed by atoms with Gasteiger partial charge in [-0.2, -0.15) is 20.1 Å². The molecule has 0 aliphatic carbocycles. The summed E-state index contributed by atoms with van der Waals surface area (Å²) >= 11 is 1.93. The zero-order valence-electron chi connectivity index (χ0n) is 13.1. The molecule has 0 bridgehead atoms. The number of hydrogen-bond acceptors (Lipinski definition) is 5. The van der Waals surface area contributed by atoms with Crippen LogP contribution < -0.4 is 5.32 Å². The van der Waals surface area contributed by atoms with E-state index >= 15 is 0 Å². The molecule has 1 aromatic carbocycles. The van der Waals surface area contributed by atoms with Gasteiger partial charge in [-0.25, -0.2) is 4.79 Å². The van der Waals surface area contributed by atoms with Crippen molar-refractivity contribution in [2.45, 2.75) is 23.7 Å². The number of thiophene rings is 1.